The Kier molecular flexibility index (Phi) is 5.50. The van der Waals surface area contributed by atoms with E-state index in [1.165, 1.54) is 9.80 Å². The van der Waals surface area contributed by atoms with Gasteiger partial charge < -0.3 is 15.7 Å². The van der Waals surface area contributed by atoms with Gasteiger partial charge in [0.25, 0.3) is 0 Å². The van der Waals surface area contributed by atoms with Gasteiger partial charge in [-0.3, -0.25) is 19.3 Å². The van der Waals surface area contributed by atoms with Gasteiger partial charge in [-0.15, -0.1) is 0 Å². The van der Waals surface area contributed by atoms with Crippen molar-refractivity contribution in [1.82, 2.24) is 9.80 Å². The third kappa shape index (κ3) is 5.09. The molecule has 0 atom stereocenters. The number of carboxylic acid groups (broad SMARTS) is 1. The third-order valence-electron chi connectivity index (χ3n) is 2.92. The van der Waals surface area contributed by atoms with Crippen molar-refractivity contribution in [2.75, 3.05) is 26.7 Å². The number of carbonyl (C=O) groups is 3. The lowest BCUT2D eigenvalue weighted by atomic mass is 10.3. The third-order valence-corrected chi connectivity index (χ3v) is 2.92. The SMILES string of the molecule is CN(C(=O)CN(CC(N)=O)CC(=O)O)C1=CCCC1. The number of hydrogen-bond donors (Lipinski definition) is 2. The molecular weight excluding hydrogens is 250 g/mol. The zero-order valence-electron chi connectivity index (χ0n) is 11.0. The average molecular weight is 269 g/mol. The van der Waals surface area contributed by atoms with Crippen LogP contribution in [-0.2, 0) is 14.4 Å². The van der Waals surface area contributed by atoms with E-state index in [2.05, 4.69) is 0 Å². The Bertz CT molecular complexity index is 390. The van der Waals surface area contributed by atoms with Gasteiger partial charge in [0.15, 0.2) is 0 Å². The minimum absolute atomic E-state index is 0.136. The highest BCUT2D eigenvalue weighted by Gasteiger charge is 2.21. The predicted octanol–water partition coefficient (Wildman–Crippen LogP) is -0.615. The van der Waals surface area contributed by atoms with E-state index in [4.69, 9.17) is 10.8 Å². The Balaban J connectivity index is 2.58. The molecule has 19 heavy (non-hydrogen) atoms. The number of primary amides is 1. The Morgan fingerprint density at radius 1 is 1.32 bits per heavy atom. The maximum atomic E-state index is 12.0. The predicted molar refractivity (Wildman–Crippen MR) is 68.0 cm³/mol. The van der Waals surface area contributed by atoms with Crippen LogP contribution in [0, 0.1) is 0 Å². The van der Waals surface area contributed by atoms with Crippen molar-refractivity contribution in [2.45, 2.75) is 19.3 Å². The molecule has 0 unspecified atom stereocenters. The molecule has 0 heterocycles. The fraction of sp³-hybridized carbons (Fsp3) is 0.583. The molecule has 0 fully saturated rings. The van der Waals surface area contributed by atoms with E-state index in [-0.39, 0.29) is 25.5 Å². The van der Waals surface area contributed by atoms with Gasteiger partial charge in [0.05, 0.1) is 19.6 Å². The van der Waals surface area contributed by atoms with Crippen molar-refractivity contribution < 1.29 is 19.5 Å². The molecule has 0 saturated heterocycles. The Morgan fingerprint density at radius 3 is 2.47 bits per heavy atom. The molecule has 0 saturated carbocycles. The highest BCUT2D eigenvalue weighted by atomic mass is 16.4. The van der Waals surface area contributed by atoms with Crippen LogP contribution in [0.1, 0.15) is 19.3 Å². The highest BCUT2D eigenvalue weighted by Crippen LogP contribution is 2.20. The van der Waals surface area contributed by atoms with E-state index in [1.54, 1.807) is 7.05 Å². The van der Waals surface area contributed by atoms with Crippen molar-refractivity contribution in [3.8, 4) is 0 Å². The van der Waals surface area contributed by atoms with Crippen LogP contribution in [0.15, 0.2) is 11.8 Å². The summed E-state index contributed by atoms with van der Waals surface area (Å²) in [7, 11) is 1.66. The van der Waals surface area contributed by atoms with Crippen LogP contribution in [0.5, 0.6) is 0 Å². The molecule has 0 aromatic rings. The van der Waals surface area contributed by atoms with Gasteiger partial charge in [0.1, 0.15) is 0 Å². The first-order chi connectivity index (χ1) is 8.90. The second kappa shape index (κ2) is 6.89. The first kappa shape index (κ1) is 15.2. The zero-order valence-corrected chi connectivity index (χ0v) is 11.0. The lowest BCUT2D eigenvalue weighted by molar-refractivity contribution is -0.139. The average Bonchev–Trinajstić information content (AvgIpc) is 2.79. The molecular formula is C12H19N3O4. The Hall–Kier alpha value is -1.89. The molecule has 2 amide bonds. The van der Waals surface area contributed by atoms with Crippen LogP contribution in [0.25, 0.3) is 0 Å². The largest absolute Gasteiger partial charge is 0.480 e. The number of carbonyl (C=O) groups excluding carboxylic acids is 2. The van der Waals surface area contributed by atoms with Crippen LogP contribution >= 0.6 is 0 Å². The lowest BCUT2D eigenvalue weighted by Gasteiger charge is -2.23. The van der Waals surface area contributed by atoms with Crippen LogP contribution < -0.4 is 5.73 Å². The smallest absolute Gasteiger partial charge is 0.317 e. The standard InChI is InChI=1S/C12H19N3O4/c1-14(9-4-2-3-5-9)11(17)7-15(6-10(13)16)8-12(18)19/h4H,2-3,5-8H2,1H3,(H2,13,16)(H,18,19). The maximum Gasteiger partial charge on any atom is 0.317 e. The number of amides is 2. The molecule has 1 aliphatic rings. The first-order valence-electron chi connectivity index (χ1n) is 6.08. The lowest BCUT2D eigenvalue weighted by Crippen LogP contribution is -2.43. The van der Waals surface area contributed by atoms with Gasteiger partial charge in [0.2, 0.25) is 11.8 Å². The fourth-order valence-electron chi connectivity index (χ4n) is 2.00. The van der Waals surface area contributed by atoms with Crippen LogP contribution in [0.3, 0.4) is 0 Å². The van der Waals surface area contributed by atoms with Gasteiger partial charge in [0, 0.05) is 12.7 Å². The minimum atomic E-state index is -1.10. The molecule has 7 heteroatoms. The van der Waals surface area contributed by atoms with Gasteiger partial charge >= 0.3 is 5.97 Å². The zero-order chi connectivity index (χ0) is 14.4. The monoisotopic (exact) mass is 269 g/mol. The molecule has 106 valence electrons. The fourth-order valence-corrected chi connectivity index (χ4v) is 2.00. The Labute approximate surface area is 111 Å². The topological polar surface area (TPSA) is 104 Å². The number of carboxylic acids is 1. The van der Waals surface area contributed by atoms with E-state index in [9.17, 15) is 14.4 Å². The van der Waals surface area contributed by atoms with Gasteiger partial charge in [-0.25, -0.2) is 0 Å². The van der Waals surface area contributed by atoms with E-state index >= 15 is 0 Å². The number of aliphatic carboxylic acids is 1. The molecule has 0 radical (unpaired) electrons. The molecule has 1 rings (SSSR count). The normalized spacial score (nSPS) is 14.3. The molecule has 0 bridgehead atoms. The summed E-state index contributed by atoms with van der Waals surface area (Å²) in [5, 5.41) is 8.73. The van der Waals surface area contributed by atoms with Crippen LogP contribution in [0.4, 0.5) is 0 Å². The maximum absolute atomic E-state index is 12.0. The first-order valence-corrected chi connectivity index (χ1v) is 6.08. The number of allylic oxidation sites excluding steroid dienone is 2. The summed E-state index contributed by atoms with van der Waals surface area (Å²) in [5.41, 5.74) is 5.98. The summed E-state index contributed by atoms with van der Waals surface area (Å²) in [6.45, 7) is -0.768. The molecule has 7 nitrogen and oxygen atoms in total. The molecule has 0 aliphatic heterocycles. The summed E-state index contributed by atoms with van der Waals surface area (Å²) >= 11 is 0. The number of nitrogens with two attached hydrogens (primary N) is 1. The quantitative estimate of drug-likeness (QED) is 0.641. The highest BCUT2D eigenvalue weighted by molar-refractivity contribution is 5.82. The van der Waals surface area contributed by atoms with Crippen LogP contribution in [-0.4, -0.2) is 59.4 Å². The van der Waals surface area contributed by atoms with Crippen molar-refractivity contribution in [3.63, 3.8) is 0 Å². The van der Waals surface area contributed by atoms with Gasteiger partial charge in [-0.1, -0.05) is 6.08 Å². The van der Waals surface area contributed by atoms with E-state index in [0.717, 1.165) is 25.0 Å². The van der Waals surface area contributed by atoms with Crippen molar-refractivity contribution in [1.29, 1.82) is 0 Å². The Morgan fingerprint density at radius 2 is 2.00 bits per heavy atom. The molecule has 0 aromatic carbocycles. The van der Waals surface area contributed by atoms with Gasteiger partial charge in [-0.05, 0) is 19.3 Å². The number of rotatable bonds is 7. The molecule has 3 N–H and O–H groups in total. The van der Waals surface area contributed by atoms with Crippen molar-refractivity contribution in [3.05, 3.63) is 11.8 Å². The minimum Gasteiger partial charge on any atom is -0.480 e. The number of hydrogen-bond acceptors (Lipinski definition) is 4. The van der Waals surface area contributed by atoms with Crippen molar-refractivity contribution in [2.24, 2.45) is 5.73 Å². The second-order valence-electron chi connectivity index (χ2n) is 4.55. The molecule has 1 aliphatic carbocycles. The molecule has 0 aromatic heterocycles. The second-order valence-corrected chi connectivity index (χ2v) is 4.55. The number of likely N-dealkylation sites (N-methyl/N-ethyl adjacent to an activating group) is 1. The summed E-state index contributed by atoms with van der Waals surface area (Å²) < 4.78 is 0. The number of nitrogens with zero attached hydrogens (tertiary/aromatic N) is 2. The van der Waals surface area contributed by atoms with Gasteiger partial charge in [-0.2, -0.15) is 0 Å². The van der Waals surface area contributed by atoms with E-state index in [0.29, 0.717) is 0 Å². The summed E-state index contributed by atoms with van der Waals surface area (Å²) in [6, 6.07) is 0. The summed E-state index contributed by atoms with van der Waals surface area (Å²) in [4.78, 5) is 36.3. The summed E-state index contributed by atoms with van der Waals surface area (Å²) in [6.07, 6.45) is 4.81. The van der Waals surface area contributed by atoms with E-state index < -0.39 is 11.9 Å². The van der Waals surface area contributed by atoms with Crippen LogP contribution in [0.2, 0.25) is 0 Å². The summed E-state index contributed by atoms with van der Waals surface area (Å²) in [5.74, 6) is -2.00. The molecule has 0 spiro atoms. The van der Waals surface area contributed by atoms with Crippen molar-refractivity contribution >= 4 is 17.8 Å². The van der Waals surface area contributed by atoms with E-state index in [1.807, 2.05) is 6.08 Å².